The number of rotatable bonds is 4. The molecule has 134 valence electrons. The Hall–Kier alpha value is -2.47. The molecule has 0 atom stereocenters. The average Bonchev–Trinajstić information content (AvgIpc) is 2.69. The Morgan fingerprint density at radius 3 is 2.50 bits per heavy atom. The van der Waals surface area contributed by atoms with E-state index in [9.17, 15) is 8.42 Å². The number of nitrogens with one attached hydrogen (secondary N) is 1. The minimum Gasteiger partial charge on any atom is -0.276 e. The summed E-state index contributed by atoms with van der Waals surface area (Å²) >= 11 is 0. The first kappa shape index (κ1) is 17.0. The second kappa shape index (κ2) is 7.03. The number of fused-ring (bicyclic) bond motifs is 1. The van der Waals surface area contributed by atoms with Crippen molar-refractivity contribution in [3.05, 3.63) is 60.4 Å². The zero-order valence-corrected chi connectivity index (χ0v) is 15.2. The molecule has 0 unspecified atom stereocenters. The first-order valence-corrected chi connectivity index (χ1v) is 10.4. The molecule has 0 bridgehead atoms. The van der Waals surface area contributed by atoms with Crippen molar-refractivity contribution < 1.29 is 8.42 Å². The molecule has 2 heterocycles. The first-order chi connectivity index (χ1) is 12.6. The summed E-state index contributed by atoms with van der Waals surface area (Å²) in [5.74, 6) is 0.478. The summed E-state index contributed by atoms with van der Waals surface area (Å²) in [4.78, 5) is 8.37. The largest absolute Gasteiger partial charge is 0.279 e. The van der Waals surface area contributed by atoms with Crippen molar-refractivity contribution in [1.29, 1.82) is 0 Å². The van der Waals surface area contributed by atoms with E-state index in [0.717, 1.165) is 18.2 Å². The van der Waals surface area contributed by atoms with E-state index in [0.29, 0.717) is 17.1 Å². The maximum absolute atomic E-state index is 12.7. The van der Waals surface area contributed by atoms with Crippen LogP contribution in [0.4, 0.5) is 5.69 Å². The molecule has 1 saturated carbocycles. The molecule has 0 aliphatic heterocycles. The maximum atomic E-state index is 12.7. The lowest BCUT2D eigenvalue weighted by Crippen LogP contribution is -2.15. The third kappa shape index (κ3) is 3.42. The Balaban J connectivity index is 1.78. The Morgan fingerprint density at radius 2 is 1.73 bits per heavy atom. The highest BCUT2D eigenvalue weighted by molar-refractivity contribution is 7.92. The van der Waals surface area contributed by atoms with Crippen LogP contribution in [0.3, 0.4) is 0 Å². The van der Waals surface area contributed by atoms with Crippen LogP contribution in [0.5, 0.6) is 0 Å². The van der Waals surface area contributed by atoms with Gasteiger partial charge in [-0.2, -0.15) is 8.42 Å². The SMILES string of the molecule is O=S(=O)(Nc1cc(C2CCCCC2)cc2cccnc12)c1ccccn1. The normalized spacial score (nSPS) is 15.8. The monoisotopic (exact) mass is 367 g/mol. The number of aromatic nitrogens is 2. The topological polar surface area (TPSA) is 72.0 Å². The fourth-order valence-corrected chi connectivity index (χ4v) is 4.68. The van der Waals surface area contributed by atoms with Crippen molar-refractivity contribution in [1.82, 2.24) is 9.97 Å². The molecule has 2 aromatic heterocycles. The van der Waals surface area contributed by atoms with Crippen LogP contribution in [0, 0.1) is 0 Å². The molecule has 0 spiro atoms. The summed E-state index contributed by atoms with van der Waals surface area (Å²) in [6, 6.07) is 12.8. The predicted octanol–water partition coefficient (Wildman–Crippen LogP) is 4.48. The summed E-state index contributed by atoms with van der Waals surface area (Å²) in [5, 5.41) is 0.960. The molecule has 6 heteroatoms. The average molecular weight is 367 g/mol. The van der Waals surface area contributed by atoms with Gasteiger partial charge < -0.3 is 0 Å². The predicted molar refractivity (Wildman–Crippen MR) is 103 cm³/mol. The highest BCUT2D eigenvalue weighted by Crippen LogP contribution is 2.36. The van der Waals surface area contributed by atoms with Crippen LogP contribution in [-0.4, -0.2) is 18.4 Å². The van der Waals surface area contributed by atoms with Crippen molar-refractivity contribution in [3.63, 3.8) is 0 Å². The summed E-state index contributed by atoms with van der Waals surface area (Å²) in [5.41, 5.74) is 2.37. The first-order valence-electron chi connectivity index (χ1n) is 8.96. The Morgan fingerprint density at radius 1 is 0.923 bits per heavy atom. The smallest absolute Gasteiger partial charge is 0.276 e. The number of hydrogen-bond donors (Lipinski definition) is 1. The Kier molecular flexibility index (Phi) is 4.59. The van der Waals surface area contributed by atoms with Gasteiger partial charge >= 0.3 is 0 Å². The maximum Gasteiger partial charge on any atom is 0.279 e. The lowest BCUT2D eigenvalue weighted by molar-refractivity contribution is 0.444. The fourth-order valence-electron chi connectivity index (χ4n) is 3.67. The van der Waals surface area contributed by atoms with Crippen LogP contribution in [0.15, 0.2) is 59.9 Å². The third-order valence-electron chi connectivity index (χ3n) is 4.96. The molecule has 1 N–H and O–H groups in total. The molecule has 3 aromatic rings. The highest BCUT2D eigenvalue weighted by atomic mass is 32.2. The van der Waals surface area contributed by atoms with Crippen molar-refractivity contribution in [2.45, 2.75) is 43.0 Å². The number of sulfonamides is 1. The van der Waals surface area contributed by atoms with E-state index in [4.69, 9.17) is 0 Å². The van der Waals surface area contributed by atoms with Gasteiger partial charge in [-0.3, -0.25) is 9.71 Å². The van der Waals surface area contributed by atoms with Crippen LogP contribution in [0.1, 0.15) is 43.6 Å². The van der Waals surface area contributed by atoms with Crippen LogP contribution >= 0.6 is 0 Å². The molecular weight excluding hydrogens is 346 g/mol. The number of pyridine rings is 2. The quantitative estimate of drug-likeness (QED) is 0.738. The third-order valence-corrected chi connectivity index (χ3v) is 6.24. The van der Waals surface area contributed by atoms with Gasteiger partial charge in [-0.15, -0.1) is 0 Å². The molecule has 1 fully saturated rings. The Labute approximate surface area is 153 Å². The number of benzene rings is 1. The van der Waals surface area contributed by atoms with E-state index in [1.54, 1.807) is 18.3 Å². The second-order valence-corrected chi connectivity index (χ2v) is 8.38. The number of hydrogen-bond acceptors (Lipinski definition) is 4. The molecule has 5 nitrogen and oxygen atoms in total. The van der Waals surface area contributed by atoms with E-state index in [-0.39, 0.29) is 5.03 Å². The zero-order valence-electron chi connectivity index (χ0n) is 14.4. The van der Waals surface area contributed by atoms with Crippen LogP contribution in [0.25, 0.3) is 10.9 Å². The van der Waals surface area contributed by atoms with Gasteiger partial charge in [0.25, 0.3) is 10.0 Å². The molecule has 1 aliphatic carbocycles. The highest BCUT2D eigenvalue weighted by Gasteiger charge is 2.21. The van der Waals surface area contributed by atoms with Crippen LogP contribution in [0.2, 0.25) is 0 Å². The van der Waals surface area contributed by atoms with Crippen molar-refractivity contribution in [3.8, 4) is 0 Å². The van der Waals surface area contributed by atoms with Gasteiger partial charge in [-0.25, -0.2) is 4.98 Å². The van der Waals surface area contributed by atoms with Gasteiger partial charge in [0.15, 0.2) is 5.03 Å². The summed E-state index contributed by atoms with van der Waals surface area (Å²) in [7, 11) is -3.75. The van der Waals surface area contributed by atoms with Gasteiger partial charge in [0.05, 0.1) is 11.2 Å². The van der Waals surface area contributed by atoms with E-state index in [2.05, 4.69) is 20.8 Å². The number of nitrogens with zero attached hydrogens (tertiary/aromatic N) is 2. The Bertz CT molecular complexity index is 1010. The van der Waals surface area contributed by atoms with Gasteiger partial charge in [0.2, 0.25) is 0 Å². The van der Waals surface area contributed by atoms with Crippen LogP contribution < -0.4 is 4.72 Å². The van der Waals surface area contributed by atoms with Crippen molar-refractivity contribution in [2.24, 2.45) is 0 Å². The second-order valence-electron chi connectivity index (χ2n) is 6.75. The minimum absolute atomic E-state index is 0.00662. The standard InChI is InChI=1S/C20H21N3O2S/c24-26(25,19-10-4-5-11-21-19)23-18-14-17(15-7-2-1-3-8-15)13-16-9-6-12-22-20(16)18/h4-6,9-15,23H,1-3,7-8H2. The molecule has 1 aliphatic rings. The molecule has 0 amide bonds. The minimum atomic E-state index is -3.75. The molecule has 0 radical (unpaired) electrons. The number of anilines is 1. The van der Waals surface area contributed by atoms with Gasteiger partial charge in [0.1, 0.15) is 0 Å². The van der Waals surface area contributed by atoms with E-state index in [1.165, 1.54) is 37.1 Å². The van der Waals surface area contributed by atoms with Crippen molar-refractivity contribution in [2.75, 3.05) is 4.72 Å². The fraction of sp³-hybridized carbons (Fsp3) is 0.300. The lowest BCUT2D eigenvalue weighted by Gasteiger charge is -2.23. The lowest BCUT2D eigenvalue weighted by atomic mass is 9.83. The molecular formula is C20H21N3O2S. The van der Waals surface area contributed by atoms with Crippen molar-refractivity contribution >= 4 is 26.6 Å². The van der Waals surface area contributed by atoms with Gasteiger partial charge in [-0.1, -0.05) is 31.4 Å². The van der Waals surface area contributed by atoms with Gasteiger partial charge in [0, 0.05) is 17.8 Å². The van der Waals surface area contributed by atoms with E-state index < -0.39 is 10.0 Å². The van der Waals surface area contributed by atoms with Crippen LogP contribution in [-0.2, 0) is 10.0 Å². The molecule has 4 rings (SSSR count). The summed E-state index contributed by atoms with van der Waals surface area (Å²) in [6.45, 7) is 0. The summed E-state index contributed by atoms with van der Waals surface area (Å²) < 4.78 is 28.2. The zero-order chi connectivity index (χ0) is 18.0. The molecule has 0 saturated heterocycles. The molecule has 1 aromatic carbocycles. The summed E-state index contributed by atoms with van der Waals surface area (Å²) in [6.07, 6.45) is 9.20. The molecule has 26 heavy (non-hydrogen) atoms. The van der Waals surface area contributed by atoms with E-state index in [1.807, 2.05) is 18.2 Å². The van der Waals surface area contributed by atoms with E-state index >= 15 is 0 Å². The van der Waals surface area contributed by atoms with Gasteiger partial charge in [-0.05, 0) is 54.7 Å².